The molecule has 0 unspecified atom stereocenters. The summed E-state index contributed by atoms with van der Waals surface area (Å²) in [6.07, 6.45) is 5.68. The first-order valence-electron chi connectivity index (χ1n) is 13.3. The molecule has 214 valence electrons. The number of sulfone groups is 1. The van der Waals surface area contributed by atoms with Gasteiger partial charge in [-0.1, -0.05) is 48.2 Å². The average Bonchev–Trinajstić information content (AvgIpc) is 3.48. The molecule has 1 N–H and O–H groups in total. The predicted octanol–water partition coefficient (Wildman–Crippen LogP) is 2.87. The number of nitrogens with zero attached hydrogens (tertiary/aromatic N) is 5. The molecule has 0 spiro atoms. The molecule has 11 nitrogen and oxygen atoms in total. The van der Waals surface area contributed by atoms with Crippen molar-refractivity contribution in [1.29, 1.82) is 0 Å². The highest BCUT2D eigenvalue weighted by Crippen LogP contribution is 2.28. The van der Waals surface area contributed by atoms with Crippen LogP contribution in [0.25, 0.3) is 16.8 Å². The number of nitrogens with one attached hydrogen (secondary N) is 1. The van der Waals surface area contributed by atoms with E-state index in [9.17, 15) is 22.8 Å². The lowest BCUT2D eigenvalue weighted by atomic mass is 10.1. The molecule has 6 rings (SSSR count). The fraction of sp³-hybridized carbons (Fsp3) is 0.207. The minimum atomic E-state index is -3.80. The first-order chi connectivity index (χ1) is 20.3. The maximum atomic E-state index is 13.5. The molecule has 1 aromatic carbocycles. The number of amides is 1. The Hall–Kier alpha value is -4.49. The topological polar surface area (TPSA) is 137 Å². The number of benzene rings is 1. The van der Waals surface area contributed by atoms with Crippen molar-refractivity contribution in [2.24, 2.45) is 0 Å². The van der Waals surface area contributed by atoms with E-state index in [0.29, 0.717) is 17.5 Å². The monoisotopic (exact) mass is 602 g/mol. The van der Waals surface area contributed by atoms with Gasteiger partial charge in [0, 0.05) is 38.2 Å². The molecule has 4 aromatic heterocycles. The number of pyridine rings is 2. The third-order valence-corrected chi connectivity index (χ3v) is 9.81. The van der Waals surface area contributed by atoms with Gasteiger partial charge < -0.3 is 5.32 Å². The fourth-order valence-electron chi connectivity index (χ4n) is 4.99. The fourth-order valence-corrected chi connectivity index (χ4v) is 7.57. The van der Waals surface area contributed by atoms with Gasteiger partial charge in [-0.3, -0.25) is 23.1 Å². The lowest BCUT2D eigenvalue weighted by Gasteiger charge is -2.23. The Morgan fingerprint density at radius 1 is 1.00 bits per heavy atom. The van der Waals surface area contributed by atoms with Crippen LogP contribution in [0.5, 0.6) is 0 Å². The van der Waals surface area contributed by atoms with E-state index in [4.69, 9.17) is 0 Å². The summed E-state index contributed by atoms with van der Waals surface area (Å²) in [6.45, 7) is 0.430. The van der Waals surface area contributed by atoms with Crippen LogP contribution in [0.3, 0.4) is 0 Å². The van der Waals surface area contributed by atoms with Crippen molar-refractivity contribution in [3.63, 3.8) is 0 Å². The number of rotatable bonds is 8. The molecule has 5 heterocycles. The van der Waals surface area contributed by atoms with E-state index in [0.717, 1.165) is 20.3 Å². The van der Waals surface area contributed by atoms with Gasteiger partial charge in [0.25, 0.3) is 11.5 Å². The van der Waals surface area contributed by atoms with Crippen LogP contribution in [0, 0.1) is 0 Å². The van der Waals surface area contributed by atoms with Crippen LogP contribution >= 0.6 is 11.8 Å². The molecule has 13 heteroatoms. The standard InChI is InChI=1S/C29H26N6O5S2/c36-26(21-11-12-23(32-19-21)41-24-10-4-9-22-30-14-17-33(22)24)31-13-5-15-34-27(37)25(20-7-2-1-3-8-20)28-35(29(34)38)16-6-18-42(28,39)40/h1-4,7-12,14,17,19H,5-6,13,15-16,18H2,(H,31,36). The lowest BCUT2D eigenvalue weighted by Crippen LogP contribution is -2.45. The van der Waals surface area contributed by atoms with Crippen molar-refractivity contribution >= 4 is 33.2 Å². The van der Waals surface area contributed by atoms with Crippen molar-refractivity contribution in [1.82, 2.24) is 28.8 Å². The van der Waals surface area contributed by atoms with Crippen molar-refractivity contribution in [2.75, 3.05) is 12.3 Å². The van der Waals surface area contributed by atoms with Crippen LogP contribution in [0.4, 0.5) is 0 Å². The number of imidazole rings is 1. The second-order valence-corrected chi connectivity index (χ2v) is 12.8. The number of aromatic nitrogens is 5. The molecule has 42 heavy (non-hydrogen) atoms. The molecule has 0 atom stereocenters. The van der Waals surface area contributed by atoms with Crippen LogP contribution in [-0.2, 0) is 22.9 Å². The van der Waals surface area contributed by atoms with Crippen LogP contribution < -0.4 is 16.6 Å². The van der Waals surface area contributed by atoms with Crippen molar-refractivity contribution in [3.05, 3.63) is 106 Å². The zero-order valence-electron chi connectivity index (χ0n) is 22.3. The number of hydrogen-bond acceptors (Lipinski definition) is 8. The molecule has 0 saturated carbocycles. The van der Waals surface area contributed by atoms with Crippen molar-refractivity contribution in [3.8, 4) is 11.1 Å². The van der Waals surface area contributed by atoms with E-state index in [-0.39, 0.29) is 48.3 Å². The van der Waals surface area contributed by atoms with E-state index in [1.165, 1.54) is 22.5 Å². The third-order valence-electron chi connectivity index (χ3n) is 6.97. The average molecular weight is 603 g/mol. The highest BCUT2D eigenvalue weighted by Gasteiger charge is 2.32. The molecule has 1 aliphatic rings. The highest BCUT2D eigenvalue weighted by molar-refractivity contribution is 7.99. The third kappa shape index (κ3) is 5.28. The van der Waals surface area contributed by atoms with E-state index in [1.54, 1.807) is 48.7 Å². The summed E-state index contributed by atoms with van der Waals surface area (Å²) in [5.41, 5.74) is 0.341. The number of fused-ring (bicyclic) bond motifs is 2. The molecular formula is C29H26N6O5S2. The van der Waals surface area contributed by atoms with E-state index in [2.05, 4.69) is 15.3 Å². The van der Waals surface area contributed by atoms with E-state index < -0.39 is 21.1 Å². The zero-order chi connectivity index (χ0) is 29.3. The molecule has 0 fully saturated rings. The smallest absolute Gasteiger partial charge is 0.332 e. The minimum absolute atomic E-state index is 0.00671. The molecule has 0 radical (unpaired) electrons. The highest BCUT2D eigenvalue weighted by atomic mass is 32.2. The SMILES string of the molecule is O=C(NCCCn1c(=O)c(-c2ccccc2)c2n(c1=O)CCCS2(=O)=O)c1ccc(Sc2cccc3nccn23)nc1. The normalized spacial score (nSPS) is 14.0. The first kappa shape index (κ1) is 27.7. The van der Waals surface area contributed by atoms with Gasteiger partial charge in [0.15, 0.2) is 14.9 Å². The molecule has 1 amide bonds. The quantitative estimate of drug-likeness (QED) is 0.212. The Morgan fingerprint density at radius 2 is 1.83 bits per heavy atom. The maximum absolute atomic E-state index is 13.5. The number of hydrogen-bond donors (Lipinski definition) is 1. The second kappa shape index (κ2) is 11.4. The number of carbonyl (C=O) groups excluding carboxylic acids is 1. The second-order valence-electron chi connectivity index (χ2n) is 9.73. The predicted molar refractivity (Wildman–Crippen MR) is 158 cm³/mol. The molecular weight excluding hydrogens is 576 g/mol. The summed E-state index contributed by atoms with van der Waals surface area (Å²) in [6, 6.07) is 17.8. The molecule has 1 aliphatic heterocycles. The van der Waals surface area contributed by atoms with Gasteiger partial charge in [-0.25, -0.2) is 23.2 Å². The van der Waals surface area contributed by atoms with Gasteiger partial charge in [-0.05, 0) is 42.7 Å². The summed E-state index contributed by atoms with van der Waals surface area (Å²) in [5.74, 6) is -0.446. The van der Waals surface area contributed by atoms with Crippen LogP contribution in [0.15, 0.2) is 104 Å². The lowest BCUT2D eigenvalue weighted by molar-refractivity contribution is 0.0952. The molecule has 0 bridgehead atoms. The van der Waals surface area contributed by atoms with Crippen molar-refractivity contribution in [2.45, 2.75) is 41.0 Å². The molecule has 0 saturated heterocycles. The zero-order valence-corrected chi connectivity index (χ0v) is 24.0. The number of carbonyl (C=O) groups is 1. The Balaban J connectivity index is 1.15. The largest absolute Gasteiger partial charge is 0.352 e. The minimum Gasteiger partial charge on any atom is -0.352 e. The first-order valence-corrected chi connectivity index (χ1v) is 15.8. The van der Waals surface area contributed by atoms with Gasteiger partial charge in [0.1, 0.15) is 10.7 Å². The summed E-state index contributed by atoms with van der Waals surface area (Å²) >= 11 is 1.45. The van der Waals surface area contributed by atoms with Crippen molar-refractivity contribution < 1.29 is 13.2 Å². The van der Waals surface area contributed by atoms with Gasteiger partial charge in [0.05, 0.1) is 21.9 Å². The Kier molecular flexibility index (Phi) is 7.52. The molecule has 5 aromatic rings. The van der Waals surface area contributed by atoms with E-state index >= 15 is 0 Å². The van der Waals surface area contributed by atoms with Crippen LogP contribution in [-0.4, -0.2) is 50.1 Å². The van der Waals surface area contributed by atoms with Gasteiger partial charge >= 0.3 is 5.69 Å². The van der Waals surface area contributed by atoms with Crippen LogP contribution in [0.1, 0.15) is 23.2 Å². The van der Waals surface area contributed by atoms with E-state index in [1.807, 2.05) is 28.8 Å². The van der Waals surface area contributed by atoms with Gasteiger partial charge in [-0.15, -0.1) is 0 Å². The Labute approximate surface area is 244 Å². The Morgan fingerprint density at radius 3 is 2.62 bits per heavy atom. The summed E-state index contributed by atoms with van der Waals surface area (Å²) < 4.78 is 30.1. The van der Waals surface area contributed by atoms with Gasteiger partial charge in [-0.2, -0.15) is 0 Å². The van der Waals surface area contributed by atoms with Gasteiger partial charge in [0.2, 0.25) is 0 Å². The summed E-state index contributed by atoms with van der Waals surface area (Å²) in [7, 11) is -3.80. The summed E-state index contributed by atoms with van der Waals surface area (Å²) in [5, 5.41) is 4.25. The molecule has 0 aliphatic carbocycles. The Bertz CT molecular complexity index is 2020. The van der Waals surface area contributed by atoms with Crippen LogP contribution in [0.2, 0.25) is 0 Å². The summed E-state index contributed by atoms with van der Waals surface area (Å²) in [4.78, 5) is 48.2. The maximum Gasteiger partial charge on any atom is 0.332 e.